The average molecular weight is 1030 g/mol. The molecule has 0 aliphatic carbocycles. The summed E-state index contributed by atoms with van der Waals surface area (Å²) in [7, 11) is -3.31. The number of β-lactam (4-membered cyclic amide) rings is 1. The highest BCUT2D eigenvalue weighted by Crippen LogP contribution is 2.51. The molecule has 2 amide bonds. The molecule has 2 fully saturated rings. The number of allylic oxidation sites excluding steroid dienone is 1. The van der Waals surface area contributed by atoms with Crippen LogP contribution in [0, 0.1) is 22.7 Å². The molecule has 4 aromatic rings. The molecule has 10 nitrogen and oxygen atoms in total. The number of hydrogen-bond donors (Lipinski definition) is 0. The van der Waals surface area contributed by atoms with E-state index in [9.17, 15) is 9.59 Å². The number of nitrogens with zero attached hydrogens (tertiary/aromatic N) is 2. The molecule has 382 valence electrons. The van der Waals surface area contributed by atoms with Gasteiger partial charge in [-0.3, -0.25) is 19.4 Å². The van der Waals surface area contributed by atoms with Gasteiger partial charge in [0, 0.05) is 30.3 Å². The minimum Gasteiger partial charge on any atom is -0.457 e. The molecule has 13 heteroatoms. The molecule has 6 rings (SSSR count). The highest BCUT2D eigenvalue weighted by atomic mass is 31.1. The molecule has 72 heavy (non-hydrogen) atoms. The molecule has 0 aromatic heterocycles. The second-order valence-corrected chi connectivity index (χ2v) is 27.6. The summed E-state index contributed by atoms with van der Waals surface area (Å²) < 4.78 is 25.4. The lowest BCUT2D eigenvalue weighted by atomic mass is 9.62. The minimum absolute atomic E-state index is 0.0253. The minimum atomic E-state index is -1.87. The molecule has 0 unspecified atom stereocenters. The number of esters is 1. The molecule has 0 bridgehead atoms. The number of likely N-dealkylation sites (tertiary alicyclic amines) is 2. The van der Waals surface area contributed by atoms with Crippen molar-refractivity contribution in [2.24, 2.45) is 22.7 Å². The number of carbonyl (C=O) groups is 4. The molecule has 4 aromatic carbocycles. The Bertz CT molecular complexity index is 2680. The Morgan fingerprint density at radius 3 is 1.81 bits per heavy atom. The van der Waals surface area contributed by atoms with E-state index in [1.54, 1.807) is 17.9 Å². The van der Waals surface area contributed by atoms with Gasteiger partial charge in [0.05, 0.1) is 17.6 Å². The van der Waals surface area contributed by atoms with E-state index < -0.39 is 58.8 Å². The van der Waals surface area contributed by atoms with Gasteiger partial charge in [-0.1, -0.05) is 164 Å². The van der Waals surface area contributed by atoms with E-state index in [1.165, 1.54) is 17.1 Å². The van der Waals surface area contributed by atoms with Gasteiger partial charge in [0.1, 0.15) is 13.2 Å². The van der Waals surface area contributed by atoms with Crippen LogP contribution in [0.5, 0.6) is 0 Å². The Balaban J connectivity index is 1.59. The maximum absolute atomic E-state index is 15.5. The highest BCUT2D eigenvalue weighted by Gasteiger charge is 2.63. The molecular weight excluding hydrogens is 952 g/mol. The first kappa shape index (κ1) is 55.8. The van der Waals surface area contributed by atoms with Gasteiger partial charge in [0.25, 0.3) is 0 Å². The van der Waals surface area contributed by atoms with Crippen molar-refractivity contribution < 1.29 is 37.5 Å². The summed E-state index contributed by atoms with van der Waals surface area (Å²) in [6.07, 6.45) is 4.60. The third-order valence-corrected chi connectivity index (χ3v) is 17.1. The highest BCUT2D eigenvalue weighted by molar-refractivity contribution is 7.51. The van der Waals surface area contributed by atoms with Crippen LogP contribution in [0.3, 0.4) is 0 Å². The summed E-state index contributed by atoms with van der Waals surface area (Å²) in [4.78, 5) is 62.6. The van der Waals surface area contributed by atoms with Gasteiger partial charge in [0.15, 0.2) is 35.0 Å². The lowest BCUT2D eigenvalue weighted by Crippen LogP contribution is -2.73. The van der Waals surface area contributed by atoms with Crippen LogP contribution in [0.15, 0.2) is 140 Å². The van der Waals surface area contributed by atoms with E-state index in [4.69, 9.17) is 18.3 Å². The molecule has 0 N–H and O–H groups in total. The SMILES string of the molecule is C=CCOC(=O)/C(=P\c1ccc(-c2ccccc2)c(-c2ccccc2)c1-c1ccccc1)N1C(=O)[C@H]([C@@](C)(O[SiH](C)C)C(C)(C)C)[C@H]1CC(=O)/C(C)=C/[C@@]1(O[SiH](C)C)C[C@H](C(C)(C)C)CN1C(=O)OCC=C. The van der Waals surface area contributed by atoms with Crippen molar-refractivity contribution in [2.75, 3.05) is 19.8 Å². The second kappa shape index (κ2) is 23.1. The van der Waals surface area contributed by atoms with Gasteiger partial charge in [-0.2, -0.15) is 0 Å². The van der Waals surface area contributed by atoms with Gasteiger partial charge >= 0.3 is 12.1 Å². The lowest BCUT2D eigenvalue weighted by Gasteiger charge is -2.58. The number of Topliss-reactive ketones (excluding diaryl/α,β-unsaturated/α-hetero) is 1. The molecule has 2 heterocycles. The maximum atomic E-state index is 15.5. The molecule has 2 aliphatic heterocycles. The van der Waals surface area contributed by atoms with Gasteiger partial charge in [-0.25, -0.2) is 9.59 Å². The van der Waals surface area contributed by atoms with Crippen molar-refractivity contribution in [3.8, 4) is 33.4 Å². The number of carbonyl (C=O) groups excluding carboxylic acids is 4. The molecule has 0 saturated carbocycles. The Morgan fingerprint density at radius 2 is 1.29 bits per heavy atom. The first-order valence-corrected chi connectivity index (χ1v) is 31.6. The number of hydrogen-bond acceptors (Lipinski definition) is 8. The predicted octanol–water partition coefficient (Wildman–Crippen LogP) is 12.0. The van der Waals surface area contributed by atoms with Crippen LogP contribution in [0.2, 0.25) is 26.2 Å². The van der Waals surface area contributed by atoms with Crippen LogP contribution < -0.4 is 5.30 Å². The predicted molar refractivity (Wildman–Crippen MR) is 299 cm³/mol. The Labute approximate surface area is 433 Å². The fourth-order valence-corrected chi connectivity index (χ4v) is 13.9. The van der Waals surface area contributed by atoms with Gasteiger partial charge in [0.2, 0.25) is 5.91 Å². The summed E-state index contributed by atoms with van der Waals surface area (Å²) in [6, 6.07) is 33.7. The number of ether oxygens (including phenoxy) is 2. The van der Waals surface area contributed by atoms with Crippen molar-refractivity contribution >= 4 is 60.8 Å². The van der Waals surface area contributed by atoms with E-state index in [2.05, 4.69) is 110 Å². The van der Waals surface area contributed by atoms with Crippen LogP contribution >= 0.6 is 8.20 Å². The number of ketones is 1. The molecule has 5 atom stereocenters. The van der Waals surface area contributed by atoms with E-state index >= 15 is 9.59 Å². The van der Waals surface area contributed by atoms with E-state index in [0.717, 1.165) is 38.7 Å². The molecule has 2 saturated heterocycles. The van der Waals surface area contributed by atoms with E-state index in [-0.39, 0.29) is 48.1 Å². The van der Waals surface area contributed by atoms with Crippen molar-refractivity contribution in [3.63, 3.8) is 0 Å². The normalized spacial score (nSPS) is 20.5. The average Bonchev–Trinajstić information content (AvgIpc) is 3.70. The molecule has 0 spiro atoms. The first-order valence-electron chi connectivity index (χ1n) is 25.1. The second-order valence-electron chi connectivity index (χ2n) is 21.8. The van der Waals surface area contributed by atoms with Crippen molar-refractivity contribution in [2.45, 2.75) is 112 Å². The first-order chi connectivity index (χ1) is 34.0. The monoisotopic (exact) mass is 1030 g/mol. The maximum Gasteiger partial charge on any atom is 0.412 e. The van der Waals surface area contributed by atoms with Gasteiger partial charge in [-0.15, -0.1) is 0 Å². The quantitative estimate of drug-likeness (QED) is 0.0228. The fourth-order valence-electron chi connectivity index (χ4n) is 10.1. The Morgan fingerprint density at radius 1 is 0.750 bits per heavy atom. The van der Waals surface area contributed by atoms with E-state index in [0.29, 0.717) is 26.7 Å². The zero-order valence-corrected chi connectivity index (χ0v) is 47.7. The van der Waals surface area contributed by atoms with Crippen LogP contribution in [-0.4, -0.2) is 94.2 Å². The van der Waals surface area contributed by atoms with Crippen molar-refractivity contribution in [1.29, 1.82) is 0 Å². The van der Waals surface area contributed by atoms with Crippen LogP contribution in [0.25, 0.3) is 33.4 Å². The molecular formula is C59H75N2O8PSi2. The number of amides is 2. The zero-order chi connectivity index (χ0) is 52.8. The topological polar surface area (TPSA) is 112 Å². The summed E-state index contributed by atoms with van der Waals surface area (Å²) in [5, 5.41) is 0.766. The number of benzene rings is 4. The summed E-state index contributed by atoms with van der Waals surface area (Å²) in [5.74, 6) is -2.07. The van der Waals surface area contributed by atoms with Crippen molar-refractivity contribution in [1.82, 2.24) is 9.80 Å². The third-order valence-electron chi connectivity index (χ3n) is 14.0. The fraction of sp³-hybridized carbons (Fsp3) is 0.407. The smallest absolute Gasteiger partial charge is 0.412 e. The van der Waals surface area contributed by atoms with Gasteiger partial charge < -0.3 is 18.3 Å². The number of rotatable bonds is 19. The standard InChI is InChI=1S/C59H75N2O8PSi2/c1-15-34-66-54(64)53(70-48-33-32-45(41-26-20-17-21-27-41)49(42-28-22-18-23-29-42)50(48)43-30-24-19-25-31-43)61-46(51(52(61)63)58(10,57(7,8)9)68-71(11)12)36-47(62)40(3)37-59(69-72(13)14)38-44(56(4,5)6)39-60(59)55(65)67-35-16-2/h15-33,37,44,46,51,71-72H,1-2,34-36,38-39H2,3-14H3/b40-37+/t44-,46+,51+,58+,59+/m0/s1. The Hall–Kier alpha value is -5.50. The third kappa shape index (κ3) is 12.1. The Kier molecular flexibility index (Phi) is 17.9. The molecule has 0 radical (unpaired) electrons. The summed E-state index contributed by atoms with van der Waals surface area (Å²) in [5.41, 5.74) is 3.21. The van der Waals surface area contributed by atoms with Crippen LogP contribution in [-0.2, 0) is 32.7 Å². The summed E-state index contributed by atoms with van der Waals surface area (Å²) in [6.45, 7) is 32.4. The van der Waals surface area contributed by atoms with Crippen molar-refractivity contribution in [3.05, 3.63) is 140 Å². The van der Waals surface area contributed by atoms with E-state index in [1.807, 2.05) is 80.7 Å². The molecule has 2 aliphatic rings. The van der Waals surface area contributed by atoms with Crippen LogP contribution in [0.4, 0.5) is 4.79 Å². The largest absolute Gasteiger partial charge is 0.457 e. The summed E-state index contributed by atoms with van der Waals surface area (Å²) >= 11 is 0. The zero-order valence-electron chi connectivity index (χ0n) is 44.5. The van der Waals surface area contributed by atoms with Crippen LogP contribution in [0.1, 0.15) is 68.2 Å². The lowest BCUT2D eigenvalue weighted by molar-refractivity contribution is -0.177. The van der Waals surface area contributed by atoms with Gasteiger partial charge in [-0.05, 0) is 111 Å².